The minimum atomic E-state index is -4.65. The van der Waals surface area contributed by atoms with Crippen LogP contribution in [0.2, 0.25) is 0 Å². The summed E-state index contributed by atoms with van der Waals surface area (Å²) in [4.78, 5) is 27.7. The Balaban J connectivity index is 2.17. The maximum atomic E-state index is 12.9. The highest BCUT2D eigenvalue weighted by molar-refractivity contribution is 5.94. The van der Waals surface area contributed by atoms with Crippen molar-refractivity contribution in [2.24, 2.45) is 5.92 Å². The van der Waals surface area contributed by atoms with Gasteiger partial charge in [0.25, 0.3) is 5.91 Å². The molecule has 0 aliphatic carbocycles. The van der Waals surface area contributed by atoms with Gasteiger partial charge in [-0.3, -0.25) is 14.6 Å². The topological polar surface area (TPSA) is 70.5 Å². The van der Waals surface area contributed by atoms with Crippen molar-refractivity contribution in [3.63, 3.8) is 0 Å². The number of hydrogen-bond acceptors (Lipinski definition) is 3. The van der Waals surface area contributed by atoms with Crippen molar-refractivity contribution in [2.75, 3.05) is 13.1 Å². The van der Waals surface area contributed by atoms with Gasteiger partial charge in [0.05, 0.1) is 11.5 Å². The van der Waals surface area contributed by atoms with E-state index in [1.54, 1.807) is 0 Å². The molecule has 0 bridgehead atoms. The molecule has 1 aromatic rings. The van der Waals surface area contributed by atoms with E-state index in [4.69, 9.17) is 5.11 Å². The van der Waals surface area contributed by atoms with Crippen molar-refractivity contribution in [1.29, 1.82) is 0 Å². The molecule has 21 heavy (non-hydrogen) atoms. The van der Waals surface area contributed by atoms with Crippen molar-refractivity contribution in [2.45, 2.75) is 19.0 Å². The third-order valence-corrected chi connectivity index (χ3v) is 3.45. The van der Waals surface area contributed by atoms with Gasteiger partial charge in [-0.05, 0) is 25.0 Å². The summed E-state index contributed by atoms with van der Waals surface area (Å²) in [6.45, 7) is 0.230. The number of aromatic nitrogens is 1. The molecule has 1 aromatic heterocycles. The number of amides is 1. The summed E-state index contributed by atoms with van der Waals surface area (Å²) >= 11 is 0. The molecule has 2 rings (SSSR count). The highest BCUT2D eigenvalue weighted by Gasteiger charge is 2.38. The van der Waals surface area contributed by atoms with E-state index in [1.165, 1.54) is 4.90 Å². The number of hydrogen-bond donors (Lipinski definition) is 1. The van der Waals surface area contributed by atoms with E-state index < -0.39 is 35.2 Å². The molecule has 1 N–H and O–H groups in total. The van der Waals surface area contributed by atoms with Crippen LogP contribution < -0.4 is 0 Å². The maximum Gasteiger partial charge on any atom is 0.418 e. The fraction of sp³-hybridized carbons (Fsp3) is 0.462. The molecule has 0 unspecified atom stereocenters. The molecular formula is C13H13F3N2O3. The number of carbonyl (C=O) groups excluding carboxylic acids is 1. The number of carboxylic acid groups (broad SMARTS) is 1. The van der Waals surface area contributed by atoms with E-state index >= 15 is 0 Å². The summed E-state index contributed by atoms with van der Waals surface area (Å²) in [5.74, 6) is -2.32. The zero-order valence-corrected chi connectivity index (χ0v) is 10.9. The SMILES string of the molecule is O=C(O)C1CCN(C(=O)c2ncccc2C(F)(F)F)CC1. The Kier molecular flexibility index (Phi) is 4.15. The highest BCUT2D eigenvalue weighted by atomic mass is 19.4. The van der Waals surface area contributed by atoms with Crippen LogP contribution >= 0.6 is 0 Å². The lowest BCUT2D eigenvalue weighted by Crippen LogP contribution is -2.41. The molecule has 0 radical (unpaired) electrons. The number of carboxylic acids is 1. The quantitative estimate of drug-likeness (QED) is 0.907. The summed E-state index contributed by atoms with van der Waals surface area (Å²) in [7, 11) is 0. The molecule has 114 valence electrons. The van der Waals surface area contributed by atoms with Gasteiger partial charge in [-0.25, -0.2) is 0 Å². The average Bonchev–Trinajstić information content (AvgIpc) is 2.45. The second-order valence-electron chi connectivity index (χ2n) is 4.80. The average molecular weight is 302 g/mol. The minimum absolute atomic E-state index is 0.115. The molecule has 1 aliphatic rings. The van der Waals surface area contributed by atoms with Crippen LogP contribution in [0.1, 0.15) is 28.9 Å². The van der Waals surface area contributed by atoms with Crippen molar-refractivity contribution in [1.82, 2.24) is 9.88 Å². The zero-order chi connectivity index (χ0) is 15.6. The predicted octanol–water partition coefficient (Wildman–Crippen LogP) is 2.04. The number of piperidine rings is 1. The molecule has 1 aliphatic heterocycles. The van der Waals surface area contributed by atoms with Gasteiger partial charge in [-0.2, -0.15) is 13.2 Å². The molecule has 1 fully saturated rings. The number of carbonyl (C=O) groups is 2. The summed E-state index contributed by atoms with van der Waals surface area (Å²) < 4.78 is 38.6. The first-order chi connectivity index (χ1) is 9.80. The number of nitrogens with zero attached hydrogens (tertiary/aromatic N) is 2. The van der Waals surface area contributed by atoms with Gasteiger partial charge in [-0.1, -0.05) is 0 Å². The summed E-state index contributed by atoms with van der Waals surface area (Å²) in [5.41, 5.74) is -1.71. The Morgan fingerprint density at radius 2 is 1.90 bits per heavy atom. The van der Waals surface area contributed by atoms with E-state index in [2.05, 4.69) is 4.98 Å². The molecule has 5 nitrogen and oxygen atoms in total. The highest BCUT2D eigenvalue weighted by Crippen LogP contribution is 2.32. The van der Waals surface area contributed by atoms with Crippen molar-refractivity contribution >= 4 is 11.9 Å². The molecule has 8 heteroatoms. The van der Waals surface area contributed by atoms with E-state index in [-0.39, 0.29) is 25.9 Å². The van der Waals surface area contributed by atoms with E-state index in [9.17, 15) is 22.8 Å². The van der Waals surface area contributed by atoms with Gasteiger partial charge in [-0.15, -0.1) is 0 Å². The van der Waals surface area contributed by atoms with Crippen molar-refractivity contribution in [3.05, 3.63) is 29.6 Å². The van der Waals surface area contributed by atoms with Crippen molar-refractivity contribution < 1.29 is 27.9 Å². The molecule has 0 spiro atoms. The first kappa shape index (κ1) is 15.3. The van der Waals surface area contributed by atoms with Gasteiger partial charge < -0.3 is 10.0 Å². The largest absolute Gasteiger partial charge is 0.481 e. The molecule has 1 saturated heterocycles. The number of likely N-dealkylation sites (tertiary alicyclic amines) is 1. The van der Waals surface area contributed by atoms with Crippen LogP contribution in [-0.2, 0) is 11.0 Å². The van der Waals surface area contributed by atoms with Crippen molar-refractivity contribution in [3.8, 4) is 0 Å². The number of pyridine rings is 1. The lowest BCUT2D eigenvalue weighted by molar-refractivity contribution is -0.143. The maximum absolute atomic E-state index is 12.9. The third kappa shape index (κ3) is 3.32. The fourth-order valence-electron chi connectivity index (χ4n) is 2.28. The van der Waals surface area contributed by atoms with Crippen LogP contribution in [0.4, 0.5) is 13.2 Å². The van der Waals surface area contributed by atoms with Gasteiger partial charge in [0.1, 0.15) is 5.69 Å². The third-order valence-electron chi connectivity index (χ3n) is 3.45. The molecular weight excluding hydrogens is 289 g/mol. The monoisotopic (exact) mass is 302 g/mol. The Labute approximate surface area is 118 Å². The summed E-state index contributed by atoms with van der Waals surface area (Å²) in [5, 5.41) is 8.87. The fourth-order valence-corrected chi connectivity index (χ4v) is 2.28. The zero-order valence-electron chi connectivity index (χ0n) is 10.9. The Morgan fingerprint density at radius 3 is 2.43 bits per heavy atom. The van der Waals surface area contributed by atoms with E-state index in [0.29, 0.717) is 0 Å². The van der Waals surface area contributed by atoms with E-state index in [1.807, 2.05) is 0 Å². The second kappa shape index (κ2) is 5.71. The van der Waals surface area contributed by atoms with Crippen LogP contribution in [0, 0.1) is 5.92 Å². The first-order valence-corrected chi connectivity index (χ1v) is 6.35. The van der Waals surface area contributed by atoms with E-state index in [0.717, 1.165) is 18.3 Å². The predicted molar refractivity (Wildman–Crippen MR) is 65.5 cm³/mol. The Hall–Kier alpha value is -2.12. The van der Waals surface area contributed by atoms with Gasteiger partial charge in [0, 0.05) is 19.3 Å². The van der Waals surface area contributed by atoms with Crippen LogP contribution in [0.25, 0.3) is 0 Å². The first-order valence-electron chi connectivity index (χ1n) is 6.35. The molecule has 1 amide bonds. The lowest BCUT2D eigenvalue weighted by Gasteiger charge is -2.30. The number of alkyl halides is 3. The summed E-state index contributed by atoms with van der Waals surface area (Å²) in [6.07, 6.45) is -3.06. The number of halogens is 3. The number of rotatable bonds is 2. The van der Waals surface area contributed by atoms with Crippen LogP contribution in [0.15, 0.2) is 18.3 Å². The van der Waals surface area contributed by atoms with Crippen LogP contribution in [-0.4, -0.2) is 40.0 Å². The minimum Gasteiger partial charge on any atom is -0.481 e. The van der Waals surface area contributed by atoms with Crippen LogP contribution in [0.5, 0.6) is 0 Å². The normalized spacial score (nSPS) is 16.8. The number of aliphatic carboxylic acids is 1. The molecule has 0 atom stereocenters. The van der Waals surface area contributed by atoms with Gasteiger partial charge in [0.2, 0.25) is 0 Å². The molecule has 0 saturated carbocycles. The lowest BCUT2D eigenvalue weighted by atomic mass is 9.96. The molecule has 2 heterocycles. The van der Waals surface area contributed by atoms with Gasteiger partial charge >= 0.3 is 12.1 Å². The second-order valence-corrected chi connectivity index (χ2v) is 4.80. The Bertz CT molecular complexity index is 552. The van der Waals surface area contributed by atoms with Crippen LogP contribution in [0.3, 0.4) is 0 Å². The Morgan fingerprint density at radius 1 is 1.29 bits per heavy atom. The summed E-state index contributed by atoms with van der Waals surface area (Å²) in [6, 6.07) is 1.93. The standard InChI is InChI=1S/C13H13F3N2O3/c14-13(15,16)9-2-1-5-17-10(9)11(19)18-6-3-8(4-7-18)12(20)21/h1-2,5,8H,3-4,6-7H2,(H,20,21). The van der Waals surface area contributed by atoms with Gasteiger partial charge in [0.15, 0.2) is 0 Å². The molecule has 0 aromatic carbocycles. The smallest absolute Gasteiger partial charge is 0.418 e.